The molecule has 0 aliphatic carbocycles. The summed E-state index contributed by atoms with van der Waals surface area (Å²) in [6.45, 7) is 3.72. The van der Waals surface area contributed by atoms with Crippen LogP contribution in [0.1, 0.15) is 19.5 Å². The second-order valence-corrected chi connectivity index (χ2v) is 4.54. The van der Waals surface area contributed by atoms with E-state index in [4.69, 9.17) is 0 Å². The Bertz CT molecular complexity index is 544. The first-order chi connectivity index (χ1) is 8.58. The number of aromatic hydroxyl groups is 1. The summed E-state index contributed by atoms with van der Waals surface area (Å²) in [6.07, 6.45) is 0.255. The van der Waals surface area contributed by atoms with Crippen LogP contribution >= 0.6 is 0 Å². The average Bonchev–Trinajstić information content (AvgIpc) is 2.71. The summed E-state index contributed by atoms with van der Waals surface area (Å²) in [5, 5.41) is 14.1. The van der Waals surface area contributed by atoms with Crippen LogP contribution in [-0.4, -0.2) is 20.7 Å². The molecule has 94 valence electrons. The van der Waals surface area contributed by atoms with Gasteiger partial charge < -0.3 is 5.11 Å². The van der Waals surface area contributed by atoms with Crippen LogP contribution in [0.15, 0.2) is 36.4 Å². The Morgan fingerprint density at radius 2 is 2.00 bits per heavy atom. The third-order valence-corrected chi connectivity index (χ3v) is 2.74. The quantitative estimate of drug-likeness (QED) is 0.898. The van der Waals surface area contributed by atoms with E-state index in [-0.39, 0.29) is 24.0 Å². The maximum atomic E-state index is 11.6. The molecule has 18 heavy (non-hydrogen) atoms. The number of rotatable bonds is 4. The van der Waals surface area contributed by atoms with E-state index in [0.29, 0.717) is 5.69 Å². The SMILES string of the molecule is CC(C)C(=O)Cc1cc(O)n(-c2ccccc2)n1. The molecule has 0 fully saturated rings. The third kappa shape index (κ3) is 2.59. The molecule has 1 N–H and O–H groups in total. The fourth-order valence-electron chi connectivity index (χ4n) is 1.65. The molecule has 0 aliphatic rings. The second-order valence-electron chi connectivity index (χ2n) is 4.54. The fourth-order valence-corrected chi connectivity index (χ4v) is 1.65. The van der Waals surface area contributed by atoms with Gasteiger partial charge in [0.2, 0.25) is 5.88 Å². The summed E-state index contributed by atoms with van der Waals surface area (Å²) in [4.78, 5) is 11.6. The highest BCUT2D eigenvalue weighted by Crippen LogP contribution is 2.18. The van der Waals surface area contributed by atoms with Crippen molar-refractivity contribution in [1.29, 1.82) is 0 Å². The zero-order chi connectivity index (χ0) is 13.1. The normalized spacial score (nSPS) is 10.8. The summed E-state index contributed by atoms with van der Waals surface area (Å²) in [6, 6.07) is 10.9. The van der Waals surface area contributed by atoms with Crippen LogP contribution < -0.4 is 0 Å². The Hall–Kier alpha value is -2.10. The van der Waals surface area contributed by atoms with Gasteiger partial charge in [0.15, 0.2) is 0 Å². The highest BCUT2D eigenvalue weighted by molar-refractivity contribution is 5.82. The molecule has 2 aromatic rings. The minimum atomic E-state index is -0.0194. The van der Waals surface area contributed by atoms with Crippen molar-refractivity contribution in [1.82, 2.24) is 9.78 Å². The molecule has 4 nitrogen and oxygen atoms in total. The van der Waals surface area contributed by atoms with Crippen molar-refractivity contribution >= 4 is 5.78 Å². The molecule has 0 saturated carbocycles. The van der Waals surface area contributed by atoms with Crippen molar-refractivity contribution in [2.75, 3.05) is 0 Å². The van der Waals surface area contributed by atoms with Gasteiger partial charge in [-0.3, -0.25) is 4.79 Å². The lowest BCUT2D eigenvalue weighted by atomic mass is 10.1. The number of hydrogen-bond acceptors (Lipinski definition) is 3. The number of aromatic nitrogens is 2. The number of nitrogens with zero attached hydrogens (tertiary/aromatic N) is 2. The maximum absolute atomic E-state index is 11.6. The van der Waals surface area contributed by atoms with Crippen molar-refractivity contribution in [3.63, 3.8) is 0 Å². The Labute approximate surface area is 106 Å². The molecule has 0 saturated heterocycles. The molecule has 1 aromatic heterocycles. The number of carbonyl (C=O) groups is 1. The van der Waals surface area contributed by atoms with Crippen molar-refractivity contribution in [2.24, 2.45) is 5.92 Å². The topological polar surface area (TPSA) is 55.1 Å². The Morgan fingerprint density at radius 3 is 2.61 bits per heavy atom. The van der Waals surface area contributed by atoms with E-state index in [0.717, 1.165) is 5.69 Å². The molecule has 1 aromatic carbocycles. The van der Waals surface area contributed by atoms with E-state index < -0.39 is 0 Å². The lowest BCUT2D eigenvalue weighted by molar-refractivity contribution is -0.121. The summed E-state index contributed by atoms with van der Waals surface area (Å²) in [5.41, 5.74) is 1.37. The summed E-state index contributed by atoms with van der Waals surface area (Å²) in [7, 11) is 0. The van der Waals surface area contributed by atoms with Crippen molar-refractivity contribution in [3.05, 3.63) is 42.1 Å². The van der Waals surface area contributed by atoms with Crippen LogP contribution in [0.25, 0.3) is 5.69 Å². The number of hydrogen-bond donors (Lipinski definition) is 1. The van der Waals surface area contributed by atoms with E-state index in [2.05, 4.69) is 5.10 Å². The van der Waals surface area contributed by atoms with Crippen LogP contribution in [0.3, 0.4) is 0 Å². The predicted octanol–water partition coefficient (Wildman–Crippen LogP) is 2.35. The number of benzene rings is 1. The van der Waals surface area contributed by atoms with E-state index in [1.165, 1.54) is 10.7 Å². The minimum absolute atomic E-state index is 0.0194. The molecule has 0 radical (unpaired) electrons. The van der Waals surface area contributed by atoms with Gasteiger partial charge in [-0.25, -0.2) is 4.68 Å². The summed E-state index contributed by atoms with van der Waals surface area (Å²) >= 11 is 0. The highest BCUT2D eigenvalue weighted by Gasteiger charge is 2.13. The van der Waals surface area contributed by atoms with Gasteiger partial charge in [0.25, 0.3) is 0 Å². The van der Waals surface area contributed by atoms with Gasteiger partial charge in [-0.15, -0.1) is 0 Å². The Morgan fingerprint density at radius 1 is 1.33 bits per heavy atom. The maximum Gasteiger partial charge on any atom is 0.214 e. The third-order valence-electron chi connectivity index (χ3n) is 2.74. The molecule has 0 amide bonds. The van der Waals surface area contributed by atoms with Gasteiger partial charge in [-0.2, -0.15) is 5.10 Å². The molecule has 0 spiro atoms. The smallest absolute Gasteiger partial charge is 0.214 e. The highest BCUT2D eigenvalue weighted by atomic mass is 16.3. The zero-order valence-corrected chi connectivity index (χ0v) is 10.5. The number of ketones is 1. The molecule has 0 bridgehead atoms. The Kier molecular flexibility index (Phi) is 3.46. The first-order valence-corrected chi connectivity index (χ1v) is 5.94. The van der Waals surface area contributed by atoms with Crippen LogP contribution in [0.4, 0.5) is 0 Å². The van der Waals surface area contributed by atoms with Crippen LogP contribution in [-0.2, 0) is 11.2 Å². The molecule has 1 heterocycles. The minimum Gasteiger partial charge on any atom is -0.493 e. The van der Waals surface area contributed by atoms with Gasteiger partial charge >= 0.3 is 0 Å². The van der Waals surface area contributed by atoms with Crippen LogP contribution in [0, 0.1) is 5.92 Å². The van der Waals surface area contributed by atoms with E-state index >= 15 is 0 Å². The molecular formula is C14H16N2O2. The first-order valence-electron chi connectivity index (χ1n) is 5.94. The largest absolute Gasteiger partial charge is 0.493 e. The molecular weight excluding hydrogens is 228 g/mol. The molecule has 4 heteroatoms. The van der Waals surface area contributed by atoms with Crippen molar-refractivity contribution in [3.8, 4) is 11.6 Å². The first kappa shape index (κ1) is 12.4. The second kappa shape index (κ2) is 5.04. The Balaban J connectivity index is 2.25. The van der Waals surface area contributed by atoms with Gasteiger partial charge in [0, 0.05) is 12.0 Å². The molecule has 0 aliphatic heterocycles. The fraction of sp³-hybridized carbons (Fsp3) is 0.286. The van der Waals surface area contributed by atoms with Gasteiger partial charge in [0.05, 0.1) is 17.8 Å². The zero-order valence-electron chi connectivity index (χ0n) is 10.5. The van der Waals surface area contributed by atoms with E-state index in [9.17, 15) is 9.90 Å². The summed E-state index contributed by atoms with van der Waals surface area (Å²) in [5.74, 6) is 0.148. The van der Waals surface area contributed by atoms with Crippen molar-refractivity contribution in [2.45, 2.75) is 20.3 Å². The number of Topliss-reactive ketones (excluding diaryl/α,β-unsaturated/α-hetero) is 1. The molecule has 2 rings (SSSR count). The monoisotopic (exact) mass is 244 g/mol. The van der Waals surface area contributed by atoms with Crippen LogP contribution in [0.5, 0.6) is 5.88 Å². The van der Waals surface area contributed by atoms with Crippen LogP contribution in [0.2, 0.25) is 0 Å². The number of carbonyl (C=O) groups excluding carboxylic acids is 1. The van der Waals surface area contributed by atoms with E-state index in [1.54, 1.807) is 0 Å². The average molecular weight is 244 g/mol. The van der Waals surface area contributed by atoms with Gasteiger partial charge in [0.1, 0.15) is 5.78 Å². The van der Waals surface area contributed by atoms with E-state index in [1.807, 2.05) is 44.2 Å². The molecule has 0 atom stereocenters. The lowest BCUT2D eigenvalue weighted by Crippen LogP contribution is -2.10. The molecule has 0 unspecified atom stereocenters. The van der Waals surface area contributed by atoms with Gasteiger partial charge in [-0.1, -0.05) is 32.0 Å². The lowest BCUT2D eigenvalue weighted by Gasteiger charge is -2.02. The number of para-hydroxylation sites is 1. The van der Waals surface area contributed by atoms with Crippen molar-refractivity contribution < 1.29 is 9.90 Å². The summed E-state index contributed by atoms with van der Waals surface area (Å²) < 4.78 is 1.43. The predicted molar refractivity (Wildman–Crippen MR) is 68.8 cm³/mol. The van der Waals surface area contributed by atoms with Gasteiger partial charge in [-0.05, 0) is 12.1 Å². The standard InChI is InChI=1S/C14H16N2O2/c1-10(2)13(17)8-11-9-14(18)16(15-11)12-6-4-3-5-7-12/h3-7,9-10,18H,8H2,1-2H3.